The van der Waals surface area contributed by atoms with E-state index in [0.717, 1.165) is 5.56 Å². The molecule has 0 saturated heterocycles. The normalized spacial score (nSPS) is 14.6. The first-order valence-electron chi connectivity index (χ1n) is 8.45. The predicted molar refractivity (Wildman–Crippen MR) is 97.4 cm³/mol. The Morgan fingerprint density at radius 2 is 2.07 bits per heavy atom. The van der Waals surface area contributed by atoms with E-state index in [1.54, 1.807) is 54.3 Å². The van der Waals surface area contributed by atoms with Crippen molar-refractivity contribution >= 4 is 10.0 Å². The molecule has 1 atom stereocenters. The van der Waals surface area contributed by atoms with Crippen molar-refractivity contribution in [2.24, 2.45) is 7.05 Å². The molecule has 0 aliphatic carbocycles. The van der Waals surface area contributed by atoms with Gasteiger partial charge in [0.2, 0.25) is 10.0 Å². The molecular weight excluding hydrogens is 369 g/mol. The zero-order chi connectivity index (χ0) is 19.0. The Hall–Kier alpha value is -2.71. The highest BCUT2D eigenvalue weighted by Crippen LogP contribution is 2.29. The van der Waals surface area contributed by atoms with Crippen molar-refractivity contribution in [2.75, 3.05) is 6.61 Å². The lowest BCUT2D eigenvalue weighted by Gasteiger charge is -2.20. The third kappa shape index (κ3) is 3.33. The Labute approximate surface area is 156 Å². The highest BCUT2D eigenvalue weighted by Gasteiger charge is 2.28. The van der Waals surface area contributed by atoms with E-state index in [1.165, 1.54) is 12.1 Å². The zero-order valence-corrected chi connectivity index (χ0v) is 15.4. The van der Waals surface area contributed by atoms with Gasteiger partial charge in [-0.3, -0.25) is 0 Å². The van der Waals surface area contributed by atoms with Crippen molar-refractivity contribution in [2.45, 2.75) is 17.4 Å². The van der Waals surface area contributed by atoms with Crippen molar-refractivity contribution in [1.82, 2.24) is 14.3 Å². The summed E-state index contributed by atoms with van der Waals surface area (Å²) in [6.07, 6.45) is 3.89. The molecule has 2 aromatic carbocycles. The minimum atomic E-state index is -3.91. The van der Waals surface area contributed by atoms with Gasteiger partial charge in [-0.1, -0.05) is 18.2 Å². The van der Waals surface area contributed by atoms with Gasteiger partial charge in [-0.25, -0.2) is 17.8 Å². The summed E-state index contributed by atoms with van der Waals surface area (Å²) in [7, 11) is -2.18. The number of aromatic nitrogens is 2. The molecule has 0 radical (unpaired) electrons. The average molecular weight is 387 g/mol. The second kappa shape index (κ2) is 6.79. The van der Waals surface area contributed by atoms with Crippen LogP contribution < -0.4 is 9.46 Å². The molecule has 1 N–H and O–H groups in total. The number of fused-ring (bicyclic) bond motifs is 1. The summed E-state index contributed by atoms with van der Waals surface area (Å²) < 4.78 is 50.2. The maximum atomic E-state index is 14.4. The van der Waals surface area contributed by atoms with Crippen LogP contribution in [0, 0.1) is 5.82 Å². The minimum Gasteiger partial charge on any atom is -0.493 e. The van der Waals surface area contributed by atoms with Crippen molar-refractivity contribution in [3.8, 4) is 5.75 Å². The summed E-state index contributed by atoms with van der Waals surface area (Å²) >= 11 is 0. The first kappa shape index (κ1) is 17.7. The lowest BCUT2D eigenvalue weighted by atomic mass is 10.1. The van der Waals surface area contributed by atoms with Crippen LogP contribution in [-0.2, 0) is 23.5 Å². The largest absolute Gasteiger partial charge is 0.493 e. The Bertz CT molecular complexity index is 1100. The Balaban J connectivity index is 1.75. The van der Waals surface area contributed by atoms with Crippen LogP contribution >= 0.6 is 0 Å². The lowest BCUT2D eigenvalue weighted by Crippen LogP contribution is -2.31. The molecule has 0 saturated carbocycles. The van der Waals surface area contributed by atoms with Crippen LogP contribution in [0.25, 0.3) is 0 Å². The summed E-state index contributed by atoms with van der Waals surface area (Å²) in [5, 5.41) is 0. The summed E-state index contributed by atoms with van der Waals surface area (Å²) in [5.41, 5.74) is 1.05. The van der Waals surface area contributed by atoms with E-state index < -0.39 is 21.9 Å². The molecule has 0 spiro atoms. The number of nitrogens with one attached hydrogen (secondary N) is 1. The number of benzene rings is 2. The summed E-state index contributed by atoms with van der Waals surface area (Å²) in [6.45, 7) is 0.539. The third-order valence-electron chi connectivity index (χ3n) is 4.58. The number of nitrogens with zero attached hydrogens (tertiary/aromatic N) is 2. The van der Waals surface area contributed by atoms with Gasteiger partial charge in [-0.05, 0) is 29.8 Å². The quantitative estimate of drug-likeness (QED) is 0.730. The molecule has 1 aliphatic heterocycles. The fourth-order valence-corrected chi connectivity index (χ4v) is 4.40. The molecule has 140 valence electrons. The smallest absolute Gasteiger partial charge is 0.241 e. The van der Waals surface area contributed by atoms with E-state index in [0.29, 0.717) is 24.6 Å². The van der Waals surface area contributed by atoms with Crippen molar-refractivity contribution < 1.29 is 17.5 Å². The number of halogens is 1. The fraction of sp³-hybridized carbons (Fsp3) is 0.211. The van der Waals surface area contributed by atoms with Gasteiger partial charge in [0.05, 0.1) is 11.5 Å². The van der Waals surface area contributed by atoms with Gasteiger partial charge in [-0.2, -0.15) is 4.72 Å². The first-order valence-corrected chi connectivity index (χ1v) is 9.94. The highest BCUT2D eigenvalue weighted by molar-refractivity contribution is 7.89. The number of aryl methyl sites for hydroxylation is 1. The van der Waals surface area contributed by atoms with Crippen molar-refractivity contribution in [3.05, 3.63) is 77.6 Å². The van der Waals surface area contributed by atoms with Gasteiger partial charge in [0.15, 0.2) is 0 Å². The highest BCUT2D eigenvalue weighted by atomic mass is 32.2. The molecule has 0 bridgehead atoms. The maximum Gasteiger partial charge on any atom is 0.241 e. The van der Waals surface area contributed by atoms with Gasteiger partial charge in [0.25, 0.3) is 0 Å². The van der Waals surface area contributed by atoms with E-state index in [-0.39, 0.29) is 10.5 Å². The van der Waals surface area contributed by atoms with Crippen LogP contribution in [0.5, 0.6) is 5.75 Å². The molecule has 1 aliphatic rings. The molecule has 3 aromatic rings. The van der Waals surface area contributed by atoms with Crippen LogP contribution in [0.2, 0.25) is 0 Å². The van der Waals surface area contributed by atoms with E-state index in [2.05, 4.69) is 9.71 Å². The number of sulfonamides is 1. The molecule has 1 unspecified atom stereocenters. The predicted octanol–water partition coefficient (Wildman–Crippen LogP) is 2.56. The SMILES string of the molecule is Cn1ccnc1C(NS(=O)(=O)c1ccc2c(c1)CCO2)c1ccccc1F. The number of imidazole rings is 1. The van der Waals surface area contributed by atoms with Crippen molar-refractivity contribution in [3.63, 3.8) is 0 Å². The van der Waals surface area contributed by atoms with Crippen LogP contribution in [-0.4, -0.2) is 24.6 Å². The van der Waals surface area contributed by atoms with Crippen LogP contribution in [0.15, 0.2) is 59.8 Å². The number of rotatable bonds is 5. The molecule has 4 rings (SSSR count). The van der Waals surface area contributed by atoms with Gasteiger partial charge >= 0.3 is 0 Å². The van der Waals surface area contributed by atoms with Crippen LogP contribution in [0.3, 0.4) is 0 Å². The van der Waals surface area contributed by atoms with Crippen LogP contribution in [0.1, 0.15) is 23.0 Å². The van der Waals surface area contributed by atoms with Gasteiger partial charge in [0, 0.05) is 31.4 Å². The van der Waals surface area contributed by atoms with E-state index >= 15 is 0 Å². The lowest BCUT2D eigenvalue weighted by molar-refractivity contribution is 0.356. The molecule has 0 amide bonds. The zero-order valence-electron chi connectivity index (χ0n) is 14.6. The Morgan fingerprint density at radius 1 is 1.26 bits per heavy atom. The molecule has 0 fully saturated rings. The topological polar surface area (TPSA) is 73.2 Å². The fourth-order valence-electron chi connectivity index (χ4n) is 3.17. The molecule has 27 heavy (non-hydrogen) atoms. The Morgan fingerprint density at radius 3 is 2.81 bits per heavy atom. The standard InChI is InChI=1S/C19H18FN3O3S/c1-23-10-9-21-19(23)18(15-4-2-3-5-16(15)20)22-27(24,25)14-6-7-17-13(12-14)8-11-26-17/h2-7,9-10,12,18,22H,8,11H2,1H3. The summed E-state index contributed by atoms with van der Waals surface area (Å²) in [6, 6.07) is 9.85. The average Bonchev–Trinajstić information content (AvgIpc) is 3.28. The monoisotopic (exact) mass is 387 g/mol. The molecule has 1 aromatic heterocycles. The molecule has 6 nitrogen and oxygen atoms in total. The number of hydrogen-bond acceptors (Lipinski definition) is 4. The maximum absolute atomic E-state index is 14.4. The number of ether oxygens (including phenoxy) is 1. The molecule has 8 heteroatoms. The Kier molecular flexibility index (Phi) is 4.45. The first-order chi connectivity index (χ1) is 13.0. The molecule has 2 heterocycles. The van der Waals surface area contributed by atoms with E-state index in [4.69, 9.17) is 4.74 Å². The van der Waals surface area contributed by atoms with E-state index in [1.807, 2.05) is 0 Å². The van der Waals surface area contributed by atoms with Gasteiger partial charge in [-0.15, -0.1) is 0 Å². The third-order valence-corrected chi connectivity index (χ3v) is 6.00. The summed E-state index contributed by atoms with van der Waals surface area (Å²) in [4.78, 5) is 4.33. The van der Waals surface area contributed by atoms with Crippen molar-refractivity contribution in [1.29, 1.82) is 0 Å². The second-order valence-corrected chi connectivity index (χ2v) is 8.05. The minimum absolute atomic E-state index is 0.113. The van der Waals surface area contributed by atoms with Gasteiger partial charge < -0.3 is 9.30 Å². The van der Waals surface area contributed by atoms with Gasteiger partial charge in [0.1, 0.15) is 23.4 Å². The van der Waals surface area contributed by atoms with E-state index in [9.17, 15) is 12.8 Å². The number of hydrogen-bond donors (Lipinski definition) is 1. The molecular formula is C19H18FN3O3S. The van der Waals surface area contributed by atoms with Crippen LogP contribution in [0.4, 0.5) is 4.39 Å². The summed E-state index contributed by atoms with van der Waals surface area (Å²) in [5.74, 6) is 0.590. The second-order valence-electron chi connectivity index (χ2n) is 6.34.